The number of aldehydes is 1. The predicted molar refractivity (Wildman–Crippen MR) is 105 cm³/mol. The number of H-pyrrole nitrogens is 1. The van der Waals surface area contributed by atoms with E-state index in [0.717, 1.165) is 24.1 Å². The van der Waals surface area contributed by atoms with Crippen LogP contribution in [-0.4, -0.2) is 45.6 Å². The molecule has 29 heavy (non-hydrogen) atoms. The van der Waals surface area contributed by atoms with Crippen molar-refractivity contribution in [2.45, 2.75) is 38.8 Å². The zero-order valence-electron chi connectivity index (χ0n) is 16.4. The van der Waals surface area contributed by atoms with Crippen LogP contribution in [0.1, 0.15) is 44.1 Å². The fourth-order valence-corrected chi connectivity index (χ4v) is 3.57. The number of imidazole rings is 1. The topological polar surface area (TPSA) is 119 Å². The van der Waals surface area contributed by atoms with Crippen LogP contribution < -0.4 is 5.32 Å². The fourth-order valence-electron chi connectivity index (χ4n) is 3.57. The number of nitriles is 1. The Morgan fingerprint density at radius 1 is 1.34 bits per heavy atom. The first-order valence-corrected chi connectivity index (χ1v) is 9.56. The summed E-state index contributed by atoms with van der Waals surface area (Å²) in [6, 6.07) is 8.28. The highest BCUT2D eigenvalue weighted by atomic mass is 16.2. The number of aromatic nitrogens is 2. The zero-order valence-corrected chi connectivity index (χ0v) is 16.4. The lowest BCUT2D eigenvalue weighted by Gasteiger charge is -2.29. The van der Waals surface area contributed by atoms with Crippen LogP contribution in [0.25, 0.3) is 11.3 Å². The van der Waals surface area contributed by atoms with E-state index in [-0.39, 0.29) is 24.2 Å². The summed E-state index contributed by atoms with van der Waals surface area (Å²) < 4.78 is 0. The maximum absolute atomic E-state index is 13.1. The molecule has 1 unspecified atom stereocenters. The molecule has 3 rings (SSSR count). The normalized spacial score (nSPS) is 17.0. The molecule has 2 amide bonds. The summed E-state index contributed by atoms with van der Waals surface area (Å²) in [6.07, 6.45) is 3.49. The van der Waals surface area contributed by atoms with Gasteiger partial charge in [0.05, 0.1) is 29.6 Å². The Balaban J connectivity index is 1.80. The van der Waals surface area contributed by atoms with Gasteiger partial charge in [-0.05, 0) is 36.5 Å². The Bertz CT molecular complexity index is 942. The third kappa shape index (κ3) is 4.35. The molecule has 2 atom stereocenters. The minimum Gasteiger partial charge on any atom is -0.340 e. The Morgan fingerprint density at radius 3 is 2.69 bits per heavy atom. The maximum Gasteiger partial charge on any atom is 0.284 e. The molecule has 0 aliphatic carbocycles. The average molecular weight is 393 g/mol. The summed E-state index contributed by atoms with van der Waals surface area (Å²) in [4.78, 5) is 44.8. The van der Waals surface area contributed by atoms with Crippen LogP contribution in [0.5, 0.6) is 0 Å². The van der Waals surface area contributed by atoms with Crippen molar-refractivity contribution in [1.82, 2.24) is 20.2 Å². The summed E-state index contributed by atoms with van der Waals surface area (Å²) in [5.41, 5.74) is 2.29. The Kier molecular flexibility index (Phi) is 6.07. The van der Waals surface area contributed by atoms with Crippen molar-refractivity contribution in [2.24, 2.45) is 5.92 Å². The van der Waals surface area contributed by atoms with Crippen molar-refractivity contribution in [2.75, 3.05) is 6.54 Å². The smallest absolute Gasteiger partial charge is 0.284 e. The Morgan fingerprint density at radius 2 is 2.07 bits per heavy atom. The number of hydrogen-bond donors (Lipinski definition) is 2. The van der Waals surface area contributed by atoms with Crippen LogP contribution in [0.2, 0.25) is 0 Å². The van der Waals surface area contributed by atoms with Gasteiger partial charge in [0, 0.05) is 6.54 Å². The fraction of sp³-hybridized carbons (Fsp3) is 0.381. The molecule has 1 aliphatic heterocycles. The van der Waals surface area contributed by atoms with Gasteiger partial charge in [-0.25, -0.2) is 4.98 Å². The average Bonchev–Trinajstić information content (AvgIpc) is 3.40. The van der Waals surface area contributed by atoms with Crippen LogP contribution in [-0.2, 0) is 14.4 Å². The van der Waals surface area contributed by atoms with Gasteiger partial charge in [0.15, 0.2) is 0 Å². The number of likely N-dealkylation sites (tertiary alicyclic amines) is 1. The van der Waals surface area contributed by atoms with Crippen LogP contribution in [0.3, 0.4) is 0 Å². The molecule has 0 bridgehead atoms. The first-order chi connectivity index (χ1) is 13.9. The third-order valence-corrected chi connectivity index (χ3v) is 5.11. The number of nitrogens with one attached hydrogen (secondary N) is 2. The summed E-state index contributed by atoms with van der Waals surface area (Å²) >= 11 is 0. The first kappa shape index (κ1) is 20.3. The van der Waals surface area contributed by atoms with Crippen molar-refractivity contribution in [3.63, 3.8) is 0 Å². The SMILES string of the molecule is CC(C)[C@H](NC(=O)C=O)C(=O)N1CCCC1c1ncc(-c2ccc(C#N)cc2)[nH]1. The highest BCUT2D eigenvalue weighted by Crippen LogP contribution is 2.32. The molecule has 1 aromatic carbocycles. The number of carbonyl (C=O) groups excluding carboxylic acids is 3. The molecule has 2 aromatic rings. The number of rotatable bonds is 6. The maximum atomic E-state index is 13.1. The molecule has 150 valence electrons. The molecular weight excluding hydrogens is 370 g/mol. The highest BCUT2D eigenvalue weighted by molar-refractivity contribution is 6.24. The molecule has 0 saturated carbocycles. The highest BCUT2D eigenvalue weighted by Gasteiger charge is 2.37. The van der Waals surface area contributed by atoms with E-state index >= 15 is 0 Å². The summed E-state index contributed by atoms with van der Waals surface area (Å²) in [7, 11) is 0. The van der Waals surface area contributed by atoms with Crippen LogP contribution in [0, 0.1) is 17.2 Å². The van der Waals surface area contributed by atoms with E-state index in [1.807, 2.05) is 26.0 Å². The van der Waals surface area contributed by atoms with Crippen LogP contribution in [0.15, 0.2) is 30.5 Å². The second-order valence-corrected chi connectivity index (χ2v) is 7.41. The van der Waals surface area contributed by atoms with E-state index in [0.29, 0.717) is 17.9 Å². The predicted octanol–water partition coefficient (Wildman–Crippen LogP) is 1.95. The van der Waals surface area contributed by atoms with Gasteiger partial charge in [-0.1, -0.05) is 26.0 Å². The van der Waals surface area contributed by atoms with E-state index in [1.165, 1.54) is 0 Å². The molecule has 8 nitrogen and oxygen atoms in total. The van der Waals surface area contributed by atoms with Crippen LogP contribution >= 0.6 is 0 Å². The van der Waals surface area contributed by atoms with E-state index in [4.69, 9.17) is 5.26 Å². The van der Waals surface area contributed by atoms with Crippen molar-refractivity contribution >= 4 is 18.1 Å². The second kappa shape index (κ2) is 8.69. The largest absolute Gasteiger partial charge is 0.340 e. The van der Waals surface area contributed by atoms with E-state index < -0.39 is 11.9 Å². The molecule has 0 radical (unpaired) electrons. The minimum absolute atomic E-state index is 0.154. The first-order valence-electron chi connectivity index (χ1n) is 9.56. The molecule has 1 aliphatic rings. The van der Waals surface area contributed by atoms with Crippen molar-refractivity contribution < 1.29 is 14.4 Å². The summed E-state index contributed by atoms with van der Waals surface area (Å²) in [5.74, 6) is -0.485. The molecule has 1 aromatic heterocycles. The van der Waals surface area contributed by atoms with Gasteiger partial charge < -0.3 is 15.2 Å². The Hall–Kier alpha value is -3.47. The third-order valence-electron chi connectivity index (χ3n) is 5.11. The second-order valence-electron chi connectivity index (χ2n) is 7.41. The Labute approximate surface area is 168 Å². The lowest BCUT2D eigenvalue weighted by atomic mass is 10.0. The monoisotopic (exact) mass is 393 g/mol. The number of benzene rings is 1. The van der Waals surface area contributed by atoms with Crippen LogP contribution in [0.4, 0.5) is 0 Å². The lowest BCUT2D eigenvalue weighted by molar-refractivity contribution is -0.140. The van der Waals surface area contributed by atoms with E-state index in [9.17, 15) is 14.4 Å². The van der Waals surface area contributed by atoms with Gasteiger partial charge in [-0.15, -0.1) is 0 Å². The number of aromatic amines is 1. The van der Waals surface area contributed by atoms with E-state index in [2.05, 4.69) is 21.4 Å². The van der Waals surface area contributed by atoms with Gasteiger partial charge in [-0.3, -0.25) is 14.4 Å². The minimum atomic E-state index is -0.797. The number of hydrogen-bond acceptors (Lipinski definition) is 5. The molecule has 1 saturated heterocycles. The zero-order chi connectivity index (χ0) is 21.0. The lowest BCUT2D eigenvalue weighted by Crippen LogP contribution is -2.51. The summed E-state index contributed by atoms with van der Waals surface area (Å²) in [5, 5.41) is 11.4. The molecule has 2 N–H and O–H groups in total. The molecule has 8 heteroatoms. The standard InChI is InChI=1S/C21H23N5O3/c1-13(2)19(25-18(28)12-27)21(29)26-9-3-4-17(26)20-23-11-16(24-20)15-7-5-14(10-22)6-8-15/h5-8,11-13,17,19H,3-4,9H2,1-2H3,(H,23,24)(H,25,28)/t17?,19-/m0/s1. The van der Waals surface area contributed by atoms with Gasteiger partial charge in [0.2, 0.25) is 12.2 Å². The molecular formula is C21H23N5O3. The number of amides is 2. The van der Waals surface area contributed by atoms with Crippen molar-refractivity contribution in [3.05, 3.63) is 41.9 Å². The summed E-state index contributed by atoms with van der Waals surface area (Å²) in [6.45, 7) is 4.22. The van der Waals surface area contributed by atoms with E-state index in [1.54, 1.807) is 23.2 Å². The molecule has 1 fully saturated rings. The van der Waals surface area contributed by atoms with Gasteiger partial charge in [0.25, 0.3) is 5.91 Å². The number of carbonyl (C=O) groups is 3. The quantitative estimate of drug-likeness (QED) is 0.574. The number of nitrogens with zero attached hydrogens (tertiary/aromatic N) is 3. The molecule has 2 heterocycles. The van der Waals surface area contributed by atoms with Gasteiger partial charge in [0.1, 0.15) is 11.9 Å². The van der Waals surface area contributed by atoms with Crippen molar-refractivity contribution in [3.8, 4) is 17.3 Å². The van der Waals surface area contributed by atoms with Gasteiger partial charge in [-0.2, -0.15) is 5.26 Å². The van der Waals surface area contributed by atoms with Crippen molar-refractivity contribution in [1.29, 1.82) is 5.26 Å². The molecule has 0 spiro atoms. The van der Waals surface area contributed by atoms with Gasteiger partial charge >= 0.3 is 0 Å².